The summed E-state index contributed by atoms with van der Waals surface area (Å²) < 4.78 is 5.16. The van der Waals surface area contributed by atoms with Crippen LogP contribution >= 0.6 is 23.4 Å². The van der Waals surface area contributed by atoms with Crippen LogP contribution in [-0.4, -0.2) is 30.3 Å². The summed E-state index contributed by atoms with van der Waals surface area (Å²) in [5.74, 6) is -0.845. The van der Waals surface area contributed by atoms with Crippen LogP contribution in [0, 0.1) is 0 Å². The molecule has 20 heavy (non-hydrogen) atoms. The van der Waals surface area contributed by atoms with Crippen LogP contribution in [0.15, 0.2) is 23.1 Å². The normalized spacial score (nSPS) is 15.6. The van der Waals surface area contributed by atoms with E-state index in [1.165, 1.54) is 11.8 Å². The number of carbonyl (C=O) groups is 2. The Morgan fingerprint density at radius 1 is 1.45 bits per heavy atom. The zero-order chi connectivity index (χ0) is 14.7. The Bertz CT molecular complexity index is 531. The molecule has 1 N–H and O–H groups in total. The van der Waals surface area contributed by atoms with E-state index in [1.54, 1.807) is 19.1 Å². The molecule has 1 saturated carbocycles. The molecule has 2 rings (SSSR count). The monoisotopic (exact) mass is 313 g/mol. The average molecular weight is 314 g/mol. The minimum absolute atomic E-state index is 0.243. The van der Waals surface area contributed by atoms with Crippen molar-refractivity contribution in [2.75, 3.05) is 6.26 Å². The summed E-state index contributed by atoms with van der Waals surface area (Å²) in [4.78, 5) is 24.7. The van der Waals surface area contributed by atoms with Crippen LogP contribution in [0.1, 0.15) is 30.1 Å². The number of amides is 1. The Morgan fingerprint density at radius 3 is 2.75 bits per heavy atom. The van der Waals surface area contributed by atoms with Crippen molar-refractivity contribution in [1.82, 2.24) is 5.32 Å². The second-order valence-corrected chi connectivity index (χ2v) is 5.96. The van der Waals surface area contributed by atoms with Gasteiger partial charge in [-0.3, -0.25) is 4.79 Å². The van der Waals surface area contributed by atoms with Crippen LogP contribution in [0.4, 0.5) is 0 Å². The molecule has 6 heteroatoms. The van der Waals surface area contributed by atoms with E-state index in [1.807, 2.05) is 12.3 Å². The number of rotatable bonds is 5. The van der Waals surface area contributed by atoms with Gasteiger partial charge in [-0.25, -0.2) is 4.79 Å². The maximum absolute atomic E-state index is 12.1. The Kier molecular flexibility index (Phi) is 4.94. The second-order valence-electron chi connectivity index (χ2n) is 4.68. The third kappa shape index (κ3) is 3.90. The van der Waals surface area contributed by atoms with E-state index in [0.717, 1.165) is 17.7 Å². The maximum atomic E-state index is 12.1. The number of ether oxygens (including phenoxy) is 1. The molecule has 1 aromatic carbocycles. The third-order valence-corrected chi connectivity index (χ3v) is 4.03. The zero-order valence-electron chi connectivity index (χ0n) is 11.3. The van der Waals surface area contributed by atoms with Gasteiger partial charge < -0.3 is 10.1 Å². The first-order chi connectivity index (χ1) is 9.51. The lowest BCUT2D eigenvalue weighted by molar-refractivity contribution is -0.129. The van der Waals surface area contributed by atoms with Gasteiger partial charge in [0, 0.05) is 10.9 Å². The average Bonchev–Trinajstić information content (AvgIpc) is 3.23. The summed E-state index contributed by atoms with van der Waals surface area (Å²) in [7, 11) is 0. The highest BCUT2D eigenvalue weighted by Gasteiger charge is 2.27. The van der Waals surface area contributed by atoms with Gasteiger partial charge in [-0.2, -0.15) is 0 Å². The summed E-state index contributed by atoms with van der Waals surface area (Å²) in [5, 5.41) is 3.12. The fourth-order valence-electron chi connectivity index (χ4n) is 1.61. The highest BCUT2D eigenvalue weighted by Crippen LogP contribution is 2.24. The number of thioether (sulfide) groups is 1. The van der Waals surface area contributed by atoms with E-state index >= 15 is 0 Å². The van der Waals surface area contributed by atoms with Crippen LogP contribution < -0.4 is 5.32 Å². The lowest BCUT2D eigenvalue weighted by Gasteiger charge is -2.14. The SMILES string of the molecule is CSc1ccc(Cl)c(C(=O)O[C@@H](C)C(=O)NC2CC2)c1. The van der Waals surface area contributed by atoms with Crippen LogP contribution in [0.3, 0.4) is 0 Å². The topological polar surface area (TPSA) is 55.4 Å². The summed E-state index contributed by atoms with van der Waals surface area (Å²) in [6, 6.07) is 5.39. The standard InChI is InChI=1S/C14H16ClNO3S/c1-8(13(17)16-9-3-4-9)19-14(18)11-7-10(20-2)5-6-12(11)15/h5-9H,3-4H2,1-2H3,(H,16,17)/t8-/m0/s1. The molecule has 108 valence electrons. The second kappa shape index (κ2) is 6.50. The molecular weight excluding hydrogens is 298 g/mol. The molecule has 0 unspecified atom stereocenters. The Hall–Kier alpha value is -1.20. The van der Waals surface area contributed by atoms with Gasteiger partial charge in [-0.1, -0.05) is 11.6 Å². The van der Waals surface area contributed by atoms with Crippen LogP contribution in [-0.2, 0) is 9.53 Å². The van der Waals surface area contributed by atoms with Crippen LogP contribution in [0.5, 0.6) is 0 Å². The van der Waals surface area contributed by atoms with E-state index in [0.29, 0.717) is 5.02 Å². The van der Waals surface area contributed by atoms with Crippen molar-refractivity contribution < 1.29 is 14.3 Å². The molecule has 1 aliphatic carbocycles. The molecule has 0 saturated heterocycles. The van der Waals surface area contributed by atoms with Crippen molar-refractivity contribution in [3.63, 3.8) is 0 Å². The first-order valence-electron chi connectivity index (χ1n) is 6.36. The van der Waals surface area contributed by atoms with E-state index in [-0.39, 0.29) is 17.5 Å². The van der Waals surface area contributed by atoms with E-state index in [2.05, 4.69) is 5.32 Å². The summed E-state index contributed by atoms with van der Waals surface area (Å²) >= 11 is 7.50. The molecule has 1 aromatic rings. The van der Waals surface area contributed by atoms with Crippen LogP contribution in [0.25, 0.3) is 0 Å². The minimum atomic E-state index is -0.822. The van der Waals surface area contributed by atoms with Crippen molar-refractivity contribution >= 4 is 35.2 Å². The van der Waals surface area contributed by atoms with Gasteiger partial charge in [0.25, 0.3) is 5.91 Å². The molecule has 0 bridgehead atoms. The fraction of sp³-hybridized carbons (Fsp3) is 0.429. The number of esters is 1. The Morgan fingerprint density at radius 2 is 2.15 bits per heavy atom. The summed E-state index contributed by atoms with van der Waals surface area (Å²) in [6.07, 6.45) is 3.07. The van der Waals surface area contributed by atoms with E-state index in [9.17, 15) is 9.59 Å². The third-order valence-electron chi connectivity index (χ3n) is 2.97. The predicted molar refractivity (Wildman–Crippen MR) is 79.3 cm³/mol. The van der Waals surface area contributed by atoms with Crippen molar-refractivity contribution in [3.8, 4) is 0 Å². The van der Waals surface area contributed by atoms with Crippen molar-refractivity contribution in [2.24, 2.45) is 0 Å². The van der Waals surface area contributed by atoms with E-state index in [4.69, 9.17) is 16.3 Å². The largest absolute Gasteiger partial charge is 0.449 e. The lowest BCUT2D eigenvalue weighted by Crippen LogP contribution is -2.37. The van der Waals surface area contributed by atoms with Gasteiger partial charge in [0.2, 0.25) is 0 Å². The summed E-state index contributed by atoms with van der Waals surface area (Å²) in [5.41, 5.74) is 0.282. The number of nitrogens with one attached hydrogen (secondary N) is 1. The highest BCUT2D eigenvalue weighted by molar-refractivity contribution is 7.98. The molecule has 1 amide bonds. The van der Waals surface area contributed by atoms with Gasteiger partial charge in [0.1, 0.15) is 0 Å². The predicted octanol–water partition coefficient (Wildman–Crippen LogP) is 2.89. The number of hydrogen-bond acceptors (Lipinski definition) is 4. The van der Waals surface area contributed by atoms with Crippen LogP contribution in [0.2, 0.25) is 5.02 Å². The zero-order valence-corrected chi connectivity index (χ0v) is 12.9. The fourth-order valence-corrected chi connectivity index (χ4v) is 2.25. The highest BCUT2D eigenvalue weighted by atomic mass is 35.5. The van der Waals surface area contributed by atoms with Crippen molar-refractivity contribution in [2.45, 2.75) is 36.8 Å². The first-order valence-corrected chi connectivity index (χ1v) is 7.96. The van der Waals surface area contributed by atoms with Gasteiger partial charge in [0.15, 0.2) is 6.10 Å². The lowest BCUT2D eigenvalue weighted by atomic mass is 10.2. The smallest absolute Gasteiger partial charge is 0.340 e. The Labute approximate surface area is 127 Å². The molecule has 1 atom stereocenters. The van der Waals surface area contributed by atoms with Crippen molar-refractivity contribution in [1.29, 1.82) is 0 Å². The molecule has 0 spiro atoms. The molecule has 1 fully saturated rings. The molecule has 0 heterocycles. The van der Waals surface area contributed by atoms with E-state index < -0.39 is 12.1 Å². The summed E-state index contributed by atoms with van der Waals surface area (Å²) in [6.45, 7) is 1.56. The molecular formula is C14H16ClNO3S. The Balaban J connectivity index is 2.01. The molecule has 0 aliphatic heterocycles. The molecule has 0 radical (unpaired) electrons. The molecule has 0 aromatic heterocycles. The quantitative estimate of drug-likeness (QED) is 0.671. The number of carbonyl (C=O) groups excluding carboxylic acids is 2. The number of benzene rings is 1. The van der Waals surface area contributed by atoms with Gasteiger partial charge in [-0.05, 0) is 44.2 Å². The van der Waals surface area contributed by atoms with Gasteiger partial charge in [-0.15, -0.1) is 11.8 Å². The van der Waals surface area contributed by atoms with Crippen molar-refractivity contribution in [3.05, 3.63) is 28.8 Å². The van der Waals surface area contributed by atoms with Gasteiger partial charge in [0.05, 0.1) is 10.6 Å². The number of halogens is 1. The number of hydrogen-bond donors (Lipinski definition) is 1. The first kappa shape index (κ1) is 15.2. The maximum Gasteiger partial charge on any atom is 0.340 e. The minimum Gasteiger partial charge on any atom is -0.449 e. The van der Waals surface area contributed by atoms with Gasteiger partial charge >= 0.3 is 5.97 Å². The molecule has 4 nitrogen and oxygen atoms in total. The molecule has 1 aliphatic rings.